The number of H-pyrrole nitrogens is 1. The number of nitrogens with one attached hydrogen (secondary N) is 1. The van der Waals surface area contributed by atoms with Gasteiger partial charge in [-0.1, -0.05) is 44.0 Å². The smallest absolute Gasteiger partial charge is 0.169 e. The van der Waals surface area contributed by atoms with Crippen molar-refractivity contribution < 1.29 is 4.79 Å². The van der Waals surface area contributed by atoms with E-state index in [9.17, 15) is 4.79 Å². The maximum Gasteiger partial charge on any atom is 0.169 e. The van der Waals surface area contributed by atoms with Crippen molar-refractivity contribution in [2.75, 3.05) is 0 Å². The normalized spacial score (nSPS) is 10.9. The van der Waals surface area contributed by atoms with Crippen molar-refractivity contribution in [3.05, 3.63) is 68.7 Å². The van der Waals surface area contributed by atoms with E-state index in [1.54, 1.807) is 6.20 Å². The summed E-state index contributed by atoms with van der Waals surface area (Å²) in [6, 6.07) is 13.7. The molecule has 0 fully saturated rings. The molecule has 4 heteroatoms. The topological polar surface area (TPSA) is 32.9 Å². The van der Waals surface area contributed by atoms with Gasteiger partial charge in [0.1, 0.15) is 0 Å². The summed E-state index contributed by atoms with van der Waals surface area (Å²) in [6.07, 6.45) is 2.20. The van der Waals surface area contributed by atoms with Crippen molar-refractivity contribution in [2.24, 2.45) is 0 Å². The summed E-state index contributed by atoms with van der Waals surface area (Å²) in [5.41, 5.74) is 2.74. The first-order valence-electron chi connectivity index (χ1n) is 6.18. The number of fused-ring (bicyclic) bond motifs is 1. The summed E-state index contributed by atoms with van der Waals surface area (Å²) in [5.74, 6) is 0.122. The van der Waals surface area contributed by atoms with Gasteiger partial charge in [0.2, 0.25) is 0 Å². The first-order valence-corrected chi connectivity index (χ1v) is 7.76. The van der Waals surface area contributed by atoms with E-state index in [2.05, 4.69) is 36.8 Å². The van der Waals surface area contributed by atoms with Gasteiger partial charge in [-0.15, -0.1) is 0 Å². The molecule has 3 aromatic rings. The Hall–Kier alpha value is -1.39. The van der Waals surface area contributed by atoms with Crippen molar-refractivity contribution >= 4 is 48.5 Å². The van der Waals surface area contributed by atoms with E-state index in [0.717, 1.165) is 31.0 Å². The predicted molar refractivity (Wildman–Crippen MR) is 88.2 cm³/mol. The molecule has 1 N–H and O–H groups in total. The first-order chi connectivity index (χ1) is 9.63. The molecule has 2 nitrogen and oxygen atoms in total. The second kappa shape index (κ2) is 5.54. The highest BCUT2D eigenvalue weighted by Crippen LogP contribution is 2.24. The van der Waals surface area contributed by atoms with Crippen LogP contribution in [0.25, 0.3) is 10.9 Å². The number of aromatic amines is 1. The van der Waals surface area contributed by atoms with Crippen molar-refractivity contribution in [3.63, 3.8) is 0 Å². The van der Waals surface area contributed by atoms with Crippen molar-refractivity contribution in [1.29, 1.82) is 0 Å². The standard InChI is InChI=1S/C16H11Br2NO/c17-11-3-1-10(2-4-11)7-16(20)14-9-19-15-6-5-12(18)8-13(14)15/h1-6,8-9,19H,7H2. The van der Waals surface area contributed by atoms with E-state index in [0.29, 0.717) is 6.42 Å². The molecule has 100 valence electrons. The third-order valence-electron chi connectivity index (χ3n) is 3.22. The van der Waals surface area contributed by atoms with Gasteiger partial charge in [-0.05, 0) is 35.9 Å². The molecule has 0 unspecified atom stereocenters. The van der Waals surface area contributed by atoms with Gasteiger partial charge in [-0.25, -0.2) is 0 Å². The van der Waals surface area contributed by atoms with Crippen molar-refractivity contribution in [3.8, 4) is 0 Å². The molecule has 0 aliphatic heterocycles. The number of benzene rings is 2. The van der Waals surface area contributed by atoms with Crippen LogP contribution in [0.15, 0.2) is 57.6 Å². The van der Waals surface area contributed by atoms with Crippen LogP contribution in [0.2, 0.25) is 0 Å². The molecule has 0 aliphatic carbocycles. The largest absolute Gasteiger partial charge is 0.360 e. The van der Waals surface area contributed by atoms with Gasteiger partial charge in [0.15, 0.2) is 5.78 Å². The summed E-state index contributed by atoms with van der Waals surface area (Å²) >= 11 is 6.84. The summed E-state index contributed by atoms with van der Waals surface area (Å²) < 4.78 is 1.99. The number of ketones is 1. The number of carbonyl (C=O) groups is 1. The van der Waals surface area contributed by atoms with Crippen LogP contribution >= 0.6 is 31.9 Å². The molecule has 0 atom stereocenters. The fraction of sp³-hybridized carbons (Fsp3) is 0.0625. The molecule has 2 aromatic carbocycles. The maximum atomic E-state index is 12.4. The van der Waals surface area contributed by atoms with Crippen LogP contribution in [0.5, 0.6) is 0 Å². The van der Waals surface area contributed by atoms with Gasteiger partial charge < -0.3 is 4.98 Å². The van der Waals surface area contributed by atoms with Crippen molar-refractivity contribution in [1.82, 2.24) is 4.98 Å². The molecule has 0 radical (unpaired) electrons. The van der Waals surface area contributed by atoms with Crippen LogP contribution in [0, 0.1) is 0 Å². The summed E-state index contributed by atoms with van der Waals surface area (Å²) in [4.78, 5) is 15.6. The first kappa shape index (κ1) is 13.6. The lowest BCUT2D eigenvalue weighted by Crippen LogP contribution is -2.02. The molecular weight excluding hydrogens is 382 g/mol. The second-order valence-electron chi connectivity index (χ2n) is 4.62. The van der Waals surface area contributed by atoms with Gasteiger partial charge in [-0.3, -0.25) is 4.79 Å². The van der Waals surface area contributed by atoms with Crippen LogP contribution in [0.4, 0.5) is 0 Å². The SMILES string of the molecule is O=C(Cc1ccc(Br)cc1)c1c[nH]c2ccc(Br)cc12. The van der Waals surface area contributed by atoms with Crippen LogP contribution in [-0.2, 0) is 6.42 Å². The molecule has 0 bridgehead atoms. The molecule has 0 amide bonds. The number of halogens is 2. The van der Waals surface area contributed by atoms with E-state index in [-0.39, 0.29) is 5.78 Å². The zero-order valence-electron chi connectivity index (χ0n) is 10.5. The van der Waals surface area contributed by atoms with E-state index < -0.39 is 0 Å². The third-order valence-corrected chi connectivity index (χ3v) is 4.24. The number of aromatic nitrogens is 1. The van der Waals surface area contributed by atoms with Crippen LogP contribution in [0.1, 0.15) is 15.9 Å². The van der Waals surface area contributed by atoms with Gasteiger partial charge in [0.05, 0.1) is 0 Å². The Morgan fingerprint density at radius 2 is 1.70 bits per heavy atom. The molecule has 1 heterocycles. The highest BCUT2D eigenvalue weighted by Gasteiger charge is 2.12. The monoisotopic (exact) mass is 391 g/mol. The number of carbonyl (C=O) groups excluding carboxylic acids is 1. The Balaban J connectivity index is 1.92. The third kappa shape index (κ3) is 2.72. The number of Topliss-reactive ketones (excluding diaryl/α,β-unsaturated/α-hetero) is 1. The molecule has 0 spiro atoms. The molecule has 0 saturated heterocycles. The number of hydrogen-bond donors (Lipinski definition) is 1. The lowest BCUT2D eigenvalue weighted by Gasteiger charge is -2.01. The molecule has 0 saturated carbocycles. The lowest BCUT2D eigenvalue weighted by molar-refractivity contribution is 0.0994. The molecular formula is C16H11Br2NO. The minimum absolute atomic E-state index is 0.122. The van der Waals surface area contributed by atoms with Gasteiger partial charge in [0.25, 0.3) is 0 Å². The zero-order valence-corrected chi connectivity index (χ0v) is 13.7. The Bertz CT molecular complexity index is 775. The Labute approximate surface area is 133 Å². The average Bonchev–Trinajstić information content (AvgIpc) is 2.84. The highest BCUT2D eigenvalue weighted by molar-refractivity contribution is 9.10. The molecule has 1 aromatic heterocycles. The lowest BCUT2D eigenvalue weighted by atomic mass is 10.0. The average molecular weight is 393 g/mol. The Kier molecular flexibility index (Phi) is 3.76. The summed E-state index contributed by atoms with van der Waals surface area (Å²) in [5, 5.41) is 0.960. The van der Waals surface area contributed by atoms with Gasteiger partial charge in [-0.2, -0.15) is 0 Å². The van der Waals surface area contributed by atoms with Crippen LogP contribution in [0.3, 0.4) is 0 Å². The fourth-order valence-electron chi connectivity index (χ4n) is 2.21. The fourth-order valence-corrected chi connectivity index (χ4v) is 2.83. The van der Waals surface area contributed by atoms with E-state index >= 15 is 0 Å². The summed E-state index contributed by atoms with van der Waals surface area (Å²) in [7, 11) is 0. The van der Waals surface area contributed by atoms with E-state index in [4.69, 9.17) is 0 Å². The minimum atomic E-state index is 0.122. The predicted octanol–water partition coefficient (Wildman–Crippen LogP) is 5.12. The van der Waals surface area contributed by atoms with Crippen molar-refractivity contribution in [2.45, 2.75) is 6.42 Å². The van der Waals surface area contributed by atoms with E-state index in [1.165, 1.54) is 0 Å². The van der Waals surface area contributed by atoms with E-state index in [1.807, 2.05) is 42.5 Å². The highest BCUT2D eigenvalue weighted by atomic mass is 79.9. The summed E-state index contributed by atoms with van der Waals surface area (Å²) in [6.45, 7) is 0. The number of rotatable bonds is 3. The molecule has 3 rings (SSSR count). The second-order valence-corrected chi connectivity index (χ2v) is 6.45. The minimum Gasteiger partial charge on any atom is -0.360 e. The molecule has 0 aliphatic rings. The Morgan fingerprint density at radius 1 is 1.00 bits per heavy atom. The Morgan fingerprint density at radius 3 is 2.45 bits per heavy atom. The van der Waals surface area contributed by atoms with Gasteiger partial charge >= 0.3 is 0 Å². The van der Waals surface area contributed by atoms with Gasteiger partial charge in [0, 0.05) is 38.0 Å². The van der Waals surface area contributed by atoms with Crippen LogP contribution in [-0.4, -0.2) is 10.8 Å². The van der Waals surface area contributed by atoms with Crippen LogP contribution < -0.4 is 0 Å². The molecule has 20 heavy (non-hydrogen) atoms. The quantitative estimate of drug-likeness (QED) is 0.616. The maximum absolute atomic E-state index is 12.4. The zero-order chi connectivity index (χ0) is 14.1. The number of hydrogen-bond acceptors (Lipinski definition) is 1.